The van der Waals surface area contributed by atoms with E-state index in [9.17, 15) is 9.90 Å². The molecular weight excluding hydrogens is 328 g/mol. The van der Waals surface area contributed by atoms with Gasteiger partial charge in [0, 0.05) is 37.5 Å². The number of para-hydroxylation sites is 1. The Morgan fingerprint density at radius 3 is 2.88 bits per heavy atom. The van der Waals surface area contributed by atoms with Crippen molar-refractivity contribution in [3.8, 4) is 0 Å². The number of rotatable bonds is 0. The first-order valence-electron chi connectivity index (χ1n) is 9.97. The van der Waals surface area contributed by atoms with Crippen LogP contribution in [0, 0.1) is 17.8 Å². The highest BCUT2D eigenvalue weighted by Crippen LogP contribution is 2.67. The van der Waals surface area contributed by atoms with Crippen LogP contribution in [0.4, 0.5) is 5.69 Å². The molecule has 2 bridgehead atoms. The zero-order chi connectivity index (χ0) is 17.8. The van der Waals surface area contributed by atoms with Crippen molar-refractivity contribution in [3.63, 3.8) is 0 Å². The lowest BCUT2D eigenvalue weighted by Gasteiger charge is -2.64. The third-order valence-corrected chi connectivity index (χ3v) is 8.39. The van der Waals surface area contributed by atoms with Crippen molar-refractivity contribution >= 4 is 11.6 Å². The van der Waals surface area contributed by atoms with E-state index in [0.717, 1.165) is 31.6 Å². The number of carbonyl (C=O) groups is 1. The molecule has 4 aliphatic heterocycles. The molecule has 5 nitrogen and oxygen atoms in total. The van der Waals surface area contributed by atoms with Crippen molar-refractivity contribution in [2.45, 2.75) is 50.0 Å². The van der Waals surface area contributed by atoms with E-state index in [0.29, 0.717) is 24.4 Å². The van der Waals surface area contributed by atoms with Gasteiger partial charge in [-0.05, 0) is 37.3 Å². The molecule has 1 spiro atoms. The molecule has 4 fully saturated rings. The normalized spacial score (nSPS) is 48.3. The average Bonchev–Trinajstić information content (AvgIpc) is 3.10. The lowest BCUT2D eigenvalue weighted by Crippen LogP contribution is -2.75. The predicted octanol–water partition coefficient (Wildman–Crippen LogP) is 1.74. The van der Waals surface area contributed by atoms with Gasteiger partial charge in [0.05, 0.1) is 24.2 Å². The van der Waals surface area contributed by atoms with E-state index in [1.165, 1.54) is 5.56 Å². The van der Waals surface area contributed by atoms with Gasteiger partial charge in [-0.25, -0.2) is 0 Å². The third-order valence-electron chi connectivity index (χ3n) is 8.39. The van der Waals surface area contributed by atoms with Gasteiger partial charge in [-0.2, -0.15) is 0 Å². The van der Waals surface area contributed by atoms with Gasteiger partial charge in [0.1, 0.15) is 5.72 Å². The minimum Gasteiger partial charge on any atom is -0.378 e. The number of ether oxygens (including phenoxy) is 1. The molecule has 0 radical (unpaired) electrons. The highest BCUT2D eigenvalue weighted by molar-refractivity contribution is 5.96. The van der Waals surface area contributed by atoms with Gasteiger partial charge >= 0.3 is 0 Å². The Balaban J connectivity index is 1.64. The SMILES string of the molecule is CC(=O)N1c2ccccc2[C@]23CCN4C[C@@H]5[C@H](C[C@]42O)[C@@H](CO[C@H]5C)[C@H]13. The van der Waals surface area contributed by atoms with Crippen LogP contribution in [0.1, 0.15) is 32.3 Å². The van der Waals surface area contributed by atoms with Crippen LogP contribution in [0.5, 0.6) is 0 Å². The molecule has 4 heterocycles. The highest BCUT2D eigenvalue weighted by atomic mass is 16.5. The zero-order valence-corrected chi connectivity index (χ0v) is 15.4. The molecule has 1 aromatic carbocycles. The summed E-state index contributed by atoms with van der Waals surface area (Å²) in [7, 11) is 0. The van der Waals surface area contributed by atoms with E-state index in [1.807, 2.05) is 11.0 Å². The quantitative estimate of drug-likeness (QED) is 0.771. The van der Waals surface area contributed by atoms with E-state index >= 15 is 0 Å². The van der Waals surface area contributed by atoms with Crippen molar-refractivity contribution < 1.29 is 14.6 Å². The first-order chi connectivity index (χ1) is 12.5. The molecule has 1 aliphatic carbocycles. The molecule has 6 rings (SSSR count). The molecule has 26 heavy (non-hydrogen) atoms. The Bertz CT molecular complexity index is 812. The van der Waals surface area contributed by atoms with Crippen LogP contribution in [-0.2, 0) is 14.9 Å². The van der Waals surface area contributed by atoms with Crippen LogP contribution in [0.15, 0.2) is 24.3 Å². The second-order valence-corrected chi connectivity index (χ2v) is 9.07. The Labute approximate surface area is 153 Å². The topological polar surface area (TPSA) is 53.0 Å². The van der Waals surface area contributed by atoms with Gasteiger partial charge in [-0.1, -0.05) is 18.2 Å². The molecule has 1 saturated carbocycles. The monoisotopic (exact) mass is 354 g/mol. The van der Waals surface area contributed by atoms with E-state index in [4.69, 9.17) is 4.74 Å². The number of aliphatic hydroxyl groups is 1. The van der Waals surface area contributed by atoms with Crippen LogP contribution < -0.4 is 4.90 Å². The highest BCUT2D eigenvalue weighted by Gasteiger charge is 2.76. The van der Waals surface area contributed by atoms with Crippen molar-refractivity contribution in [1.29, 1.82) is 0 Å². The Hall–Kier alpha value is -1.43. The Kier molecular flexibility index (Phi) is 2.82. The maximum absolute atomic E-state index is 12.8. The Morgan fingerprint density at radius 2 is 2.08 bits per heavy atom. The molecule has 1 amide bonds. The molecule has 5 heteroatoms. The van der Waals surface area contributed by atoms with Crippen LogP contribution in [0.3, 0.4) is 0 Å². The average molecular weight is 354 g/mol. The van der Waals surface area contributed by atoms with Crippen molar-refractivity contribution in [1.82, 2.24) is 4.90 Å². The van der Waals surface area contributed by atoms with Gasteiger partial charge in [-0.3, -0.25) is 9.69 Å². The second-order valence-electron chi connectivity index (χ2n) is 9.07. The summed E-state index contributed by atoms with van der Waals surface area (Å²) in [5.41, 5.74) is 0.946. The fourth-order valence-electron chi connectivity index (χ4n) is 7.45. The van der Waals surface area contributed by atoms with Crippen molar-refractivity contribution in [3.05, 3.63) is 29.8 Å². The largest absolute Gasteiger partial charge is 0.378 e. The summed E-state index contributed by atoms with van der Waals surface area (Å²) in [6.45, 7) is 6.35. The van der Waals surface area contributed by atoms with Crippen LogP contribution >= 0.6 is 0 Å². The van der Waals surface area contributed by atoms with Crippen LogP contribution in [0.2, 0.25) is 0 Å². The van der Waals surface area contributed by atoms with E-state index in [2.05, 4.69) is 30.0 Å². The maximum Gasteiger partial charge on any atom is 0.224 e. The minimum atomic E-state index is -0.841. The summed E-state index contributed by atoms with van der Waals surface area (Å²) >= 11 is 0. The molecule has 3 saturated heterocycles. The van der Waals surface area contributed by atoms with E-state index in [1.54, 1.807) is 6.92 Å². The lowest BCUT2D eigenvalue weighted by atomic mass is 9.51. The fraction of sp³-hybridized carbons (Fsp3) is 0.667. The minimum absolute atomic E-state index is 0.00134. The number of fused-ring (bicyclic) bond motifs is 2. The smallest absolute Gasteiger partial charge is 0.224 e. The lowest BCUT2D eigenvalue weighted by molar-refractivity contribution is -0.249. The number of anilines is 1. The second kappa shape index (κ2) is 4.70. The van der Waals surface area contributed by atoms with E-state index in [-0.39, 0.29) is 23.5 Å². The first-order valence-corrected chi connectivity index (χ1v) is 9.97. The molecule has 0 aromatic heterocycles. The summed E-state index contributed by atoms with van der Waals surface area (Å²) < 4.78 is 6.22. The molecule has 1 aromatic rings. The van der Waals surface area contributed by atoms with Gasteiger partial charge in [0.15, 0.2) is 0 Å². The van der Waals surface area contributed by atoms with Gasteiger partial charge < -0.3 is 14.7 Å². The van der Waals surface area contributed by atoms with Gasteiger partial charge in [0.2, 0.25) is 5.91 Å². The molecule has 1 N–H and O–H groups in total. The number of hydrogen-bond acceptors (Lipinski definition) is 4. The maximum atomic E-state index is 12.8. The summed E-state index contributed by atoms with van der Waals surface area (Å²) in [5, 5.41) is 12.1. The number of benzene rings is 1. The Morgan fingerprint density at radius 1 is 1.27 bits per heavy atom. The summed E-state index contributed by atoms with van der Waals surface area (Å²) in [6, 6.07) is 8.27. The molecule has 5 aliphatic rings. The number of hydrogen-bond donors (Lipinski definition) is 1. The zero-order valence-electron chi connectivity index (χ0n) is 15.4. The van der Waals surface area contributed by atoms with Crippen LogP contribution in [0.25, 0.3) is 0 Å². The standard InChI is InChI=1S/C21H26N2O3/c1-12-15-10-22-8-7-20-17-5-3-4-6-18(17)23(13(2)24)19(20)16(11-26-12)14(15)9-21(20,22)25/h3-6,12,14-16,19,25H,7-11H2,1-2H3/t12-,14-,15-,16+,19-,20-,21+/m0/s1. The van der Waals surface area contributed by atoms with E-state index < -0.39 is 5.72 Å². The number of nitrogens with zero attached hydrogens (tertiary/aromatic N) is 2. The number of amides is 1. The first kappa shape index (κ1) is 15.6. The van der Waals surface area contributed by atoms with Gasteiger partial charge in [-0.15, -0.1) is 0 Å². The summed E-state index contributed by atoms with van der Waals surface area (Å²) in [6.07, 6.45) is 1.95. The van der Waals surface area contributed by atoms with Crippen LogP contribution in [-0.4, -0.2) is 53.5 Å². The molecule has 0 unspecified atom stereocenters. The molecule has 7 atom stereocenters. The molecular formula is C21H26N2O3. The predicted molar refractivity (Wildman–Crippen MR) is 96.7 cm³/mol. The van der Waals surface area contributed by atoms with Crippen molar-refractivity contribution in [2.24, 2.45) is 17.8 Å². The summed E-state index contributed by atoms with van der Waals surface area (Å²) in [4.78, 5) is 17.1. The number of carbonyl (C=O) groups excluding carboxylic acids is 1. The number of piperidine rings is 1. The van der Waals surface area contributed by atoms with Crippen molar-refractivity contribution in [2.75, 3.05) is 24.6 Å². The third kappa shape index (κ3) is 1.47. The summed E-state index contributed by atoms with van der Waals surface area (Å²) in [5.74, 6) is 1.25. The van der Waals surface area contributed by atoms with Gasteiger partial charge in [0.25, 0.3) is 0 Å². The fourth-order valence-corrected chi connectivity index (χ4v) is 7.45. The molecule has 138 valence electrons.